The Kier molecular flexibility index (Phi) is 7.63. The molecule has 35 heavy (non-hydrogen) atoms. The molecule has 4 aromatic carbocycles. The second kappa shape index (κ2) is 11.2. The molecular formula is C31H29NO3. The minimum atomic E-state index is -1.12. The first kappa shape index (κ1) is 23.8. The molecule has 0 spiro atoms. The lowest BCUT2D eigenvalue weighted by molar-refractivity contribution is -0.136. The Morgan fingerprint density at radius 2 is 1.11 bits per heavy atom. The van der Waals surface area contributed by atoms with E-state index in [4.69, 9.17) is 4.74 Å². The molecule has 4 aromatic rings. The van der Waals surface area contributed by atoms with Crippen LogP contribution >= 0.6 is 0 Å². The van der Waals surface area contributed by atoms with Gasteiger partial charge in [-0.2, -0.15) is 0 Å². The summed E-state index contributed by atoms with van der Waals surface area (Å²) in [4.78, 5) is 12.5. The molecule has 4 rings (SSSR count). The fourth-order valence-electron chi connectivity index (χ4n) is 4.28. The highest BCUT2D eigenvalue weighted by atomic mass is 16.5. The van der Waals surface area contributed by atoms with Gasteiger partial charge in [0.2, 0.25) is 5.76 Å². The summed E-state index contributed by atoms with van der Waals surface area (Å²) in [7, 11) is 0. The molecule has 0 aliphatic rings. The highest BCUT2D eigenvalue weighted by molar-refractivity contribution is 5.94. The molecule has 0 fully saturated rings. The normalized spacial score (nSPS) is 11.9. The molecular weight excluding hydrogens is 434 g/mol. The summed E-state index contributed by atoms with van der Waals surface area (Å²) in [5.74, 6) is -1.22. The van der Waals surface area contributed by atoms with Crippen molar-refractivity contribution < 1.29 is 14.6 Å². The number of nitrogens with one attached hydrogen (secondary N) is 1. The van der Waals surface area contributed by atoms with Crippen LogP contribution in [0.1, 0.15) is 35.6 Å². The lowest BCUT2D eigenvalue weighted by Crippen LogP contribution is -2.44. The van der Waals surface area contributed by atoms with E-state index in [2.05, 4.69) is 41.7 Å². The van der Waals surface area contributed by atoms with Crippen molar-refractivity contribution in [1.29, 1.82) is 0 Å². The minimum absolute atomic E-state index is 0.106. The third kappa shape index (κ3) is 5.12. The molecule has 0 radical (unpaired) electrons. The largest absolute Gasteiger partial charge is 0.485 e. The Labute approximate surface area is 206 Å². The maximum atomic E-state index is 12.5. The third-order valence-corrected chi connectivity index (χ3v) is 5.87. The number of benzene rings is 4. The van der Waals surface area contributed by atoms with Gasteiger partial charge < -0.3 is 15.2 Å². The number of carboxylic acids is 1. The highest BCUT2D eigenvalue weighted by Crippen LogP contribution is 2.39. The molecule has 0 bridgehead atoms. The number of rotatable bonds is 10. The first-order valence-electron chi connectivity index (χ1n) is 11.8. The van der Waals surface area contributed by atoms with Crippen LogP contribution in [0, 0.1) is 0 Å². The summed E-state index contributed by atoms with van der Waals surface area (Å²) < 4.78 is 5.84. The van der Waals surface area contributed by atoms with E-state index in [0.29, 0.717) is 18.7 Å². The van der Waals surface area contributed by atoms with E-state index in [1.165, 1.54) is 0 Å². The lowest BCUT2D eigenvalue weighted by atomic mass is 9.76. The van der Waals surface area contributed by atoms with Crippen molar-refractivity contribution in [3.05, 3.63) is 149 Å². The second-order valence-electron chi connectivity index (χ2n) is 8.20. The van der Waals surface area contributed by atoms with E-state index in [1.54, 1.807) is 0 Å². The smallest absolute Gasteiger partial charge is 0.373 e. The van der Waals surface area contributed by atoms with Crippen LogP contribution in [0.4, 0.5) is 0 Å². The van der Waals surface area contributed by atoms with E-state index in [0.717, 1.165) is 22.3 Å². The third-order valence-electron chi connectivity index (χ3n) is 5.87. The van der Waals surface area contributed by atoms with Crippen LogP contribution in [0.15, 0.2) is 127 Å². The molecule has 176 valence electrons. The summed E-state index contributed by atoms with van der Waals surface area (Å²) in [6, 6.07) is 39.7. The number of ether oxygens (including phenoxy) is 1. The predicted molar refractivity (Wildman–Crippen MR) is 140 cm³/mol. The van der Waals surface area contributed by atoms with Crippen LogP contribution in [0.3, 0.4) is 0 Å². The minimum Gasteiger partial charge on any atom is -0.485 e. The van der Waals surface area contributed by atoms with Gasteiger partial charge in [0.25, 0.3) is 0 Å². The van der Waals surface area contributed by atoms with E-state index >= 15 is 0 Å². The van der Waals surface area contributed by atoms with Gasteiger partial charge >= 0.3 is 5.97 Å². The van der Waals surface area contributed by atoms with Crippen LogP contribution in [0.5, 0.6) is 0 Å². The van der Waals surface area contributed by atoms with Gasteiger partial charge in [-0.1, -0.05) is 128 Å². The molecule has 0 saturated heterocycles. The zero-order valence-electron chi connectivity index (χ0n) is 19.7. The Hall–Kier alpha value is -4.31. The standard InChI is InChI=1S/C31H29NO3/c1-2-23-35-29(30(33)34)28(24-15-7-3-8-16-24)32-31(25-17-9-4-10-18-25,26-19-11-5-12-20-26)27-21-13-6-14-22-27/h3-22,32H,2,23H2,1H3,(H,33,34). The topological polar surface area (TPSA) is 58.6 Å². The maximum absolute atomic E-state index is 12.5. The fraction of sp³-hybridized carbons (Fsp3) is 0.129. The highest BCUT2D eigenvalue weighted by Gasteiger charge is 2.38. The van der Waals surface area contributed by atoms with Crippen molar-refractivity contribution in [2.24, 2.45) is 0 Å². The summed E-state index contributed by atoms with van der Waals surface area (Å²) in [5, 5.41) is 13.9. The molecule has 0 aliphatic heterocycles. The number of aliphatic carboxylic acids is 1. The van der Waals surface area contributed by atoms with Gasteiger partial charge in [-0.15, -0.1) is 0 Å². The second-order valence-corrected chi connectivity index (χ2v) is 8.20. The summed E-state index contributed by atoms with van der Waals surface area (Å²) in [6.07, 6.45) is 0.694. The monoisotopic (exact) mass is 463 g/mol. The summed E-state index contributed by atoms with van der Waals surface area (Å²) in [6.45, 7) is 2.26. The predicted octanol–water partition coefficient (Wildman–Crippen LogP) is 6.45. The Morgan fingerprint density at radius 1 is 0.714 bits per heavy atom. The van der Waals surface area contributed by atoms with Gasteiger partial charge in [0.15, 0.2) is 0 Å². The van der Waals surface area contributed by atoms with Crippen molar-refractivity contribution in [3.8, 4) is 0 Å². The Bertz CT molecular complexity index is 1160. The molecule has 0 atom stereocenters. The van der Waals surface area contributed by atoms with E-state index in [-0.39, 0.29) is 5.76 Å². The molecule has 0 unspecified atom stereocenters. The SMILES string of the molecule is CCCOC(C(=O)O)=C(NC(c1ccccc1)(c1ccccc1)c1ccccc1)c1ccccc1. The fourth-order valence-corrected chi connectivity index (χ4v) is 4.28. The molecule has 0 amide bonds. The average molecular weight is 464 g/mol. The van der Waals surface area contributed by atoms with Gasteiger partial charge in [0.05, 0.1) is 12.3 Å². The zero-order chi connectivity index (χ0) is 24.5. The van der Waals surface area contributed by atoms with Crippen LogP contribution < -0.4 is 5.32 Å². The molecule has 0 aromatic heterocycles. The van der Waals surface area contributed by atoms with Gasteiger partial charge in [-0.25, -0.2) is 4.79 Å². The molecule has 2 N–H and O–H groups in total. The van der Waals surface area contributed by atoms with Crippen molar-refractivity contribution in [3.63, 3.8) is 0 Å². The molecule has 0 saturated carbocycles. The summed E-state index contributed by atoms with van der Waals surface area (Å²) in [5.41, 5.74) is 3.20. The van der Waals surface area contributed by atoms with Gasteiger partial charge in [0, 0.05) is 5.56 Å². The first-order valence-corrected chi connectivity index (χ1v) is 11.8. The Morgan fingerprint density at radius 3 is 1.49 bits per heavy atom. The summed E-state index contributed by atoms with van der Waals surface area (Å²) >= 11 is 0. The molecule has 0 heterocycles. The number of carbonyl (C=O) groups is 1. The van der Waals surface area contributed by atoms with Crippen molar-refractivity contribution in [2.45, 2.75) is 18.9 Å². The van der Waals surface area contributed by atoms with E-state index in [9.17, 15) is 9.90 Å². The van der Waals surface area contributed by atoms with Crippen molar-refractivity contribution >= 4 is 11.7 Å². The molecule has 4 heteroatoms. The van der Waals surface area contributed by atoms with Crippen molar-refractivity contribution in [1.82, 2.24) is 5.32 Å². The Balaban J connectivity index is 2.06. The van der Waals surface area contributed by atoms with Crippen molar-refractivity contribution in [2.75, 3.05) is 6.61 Å². The van der Waals surface area contributed by atoms with Crippen LogP contribution in [0.2, 0.25) is 0 Å². The lowest BCUT2D eigenvalue weighted by Gasteiger charge is -2.39. The maximum Gasteiger partial charge on any atom is 0.373 e. The number of hydrogen-bond acceptors (Lipinski definition) is 3. The number of hydrogen-bond donors (Lipinski definition) is 2. The van der Waals surface area contributed by atoms with E-state index in [1.807, 2.05) is 91.9 Å². The first-order chi connectivity index (χ1) is 17.2. The van der Waals surface area contributed by atoms with Crippen LogP contribution in [-0.4, -0.2) is 17.7 Å². The average Bonchev–Trinajstić information content (AvgIpc) is 2.92. The molecule has 4 nitrogen and oxygen atoms in total. The van der Waals surface area contributed by atoms with Crippen LogP contribution in [0.25, 0.3) is 5.70 Å². The zero-order valence-corrected chi connectivity index (χ0v) is 19.7. The quantitative estimate of drug-likeness (QED) is 0.161. The van der Waals surface area contributed by atoms with Gasteiger partial charge in [-0.3, -0.25) is 0 Å². The molecule has 0 aliphatic carbocycles. The van der Waals surface area contributed by atoms with Crippen LogP contribution in [-0.2, 0) is 15.1 Å². The van der Waals surface area contributed by atoms with Gasteiger partial charge in [-0.05, 0) is 23.1 Å². The van der Waals surface area contributed by atoms with Gasteiger partial charge in [0.1, 0.15) is 5.54 Å². The number of carboxylic acid groups (broad SMARTS) is 1. The van der Waals surface area contributed by atoms with E-state index < -0.39 is 11.5 Å².